The lowest BCUT2D eigenvalue weighted by Gasteiger charge is -2.14. The molecule has 0 amide bonds. The zero-order valence-corrected chi connectivity index (χ0v) is 29.9. The van der Waals surface area contributed by atoms with Crippen molar-refractivity contribution in [2.24, 2.45) is 0 Å². The molecule has 0 fully saturated rings. The van der Waals surface area contributed by atoms with Crippen molar-refractivity contribution >= 4 is 43.6 Å². The smallest absolute Gasteiger partial charge is 0.160 e. The summed E-state index contributed by atoms with van der Waals surface area (Å²) in [6.45, 7) is 6.42. The third kappa shape index (κ3) is 5.14. The average Bonchev–Trinajstić information content (AvgIpc) is 3.71. The van der Waals surface area contributed by atoms with Crippen molar-refractivity contribution in [3.05, 3.63) is 180 Å². The number of hydrogen-bond donors (Lipinski definition) is 0. The van der Waals surface area contributed by atoms with Crippen molar-refractivity contribution < 1.29 is 0 Å². The van der Waals surface area contributed by atoms with Crippen LogP contribution in [0.2, 0.25) is 0 Å². The highest BCUT2D eigenvalue weighted by atomic mass is 15.0. The fourth-order valence-electron chi connectivity index (χ4n) is 7.92. The molecule has 252 valence electrons. The van der Waals surface area contributed by atoms with Gasteiger partial charge < -0.3 is 9.13 Å². The minimum Gasteiger partial charge on any atom is -0.309 e. The van der Waals surface area contributed by atoms with Crippen LogP contribution in [0.3, 0.4) is 0 Å². The molecule has 0 bridgehead atoms. The molecule has 0 radical (unpaired) electrons. The largest absolute Gasteiger partial charge is 0.309 e. The molecule has 0 spiro atoms. The summed E-state index contributed by atoms with van der Waals surface area (Å²) in [5, 5.41) is 4.99. The van der Waals surface area contributed by atoms with Crippen molar-refractivity contribution in [2.75, 3.05) is 0 Å². The molecule has 0 saturated heterocycles. The summed E-state index contributed by atoms with van der Waals surface area (Å²) in [5.74, 6) is 0.723. The van der Waals surface area contributed by atoms with E-state index in [1.54, 1.807) is 0 Å². The Morgan fingerprint density at radius 2 is 0.868 bits per heavy atom. The van der Waals surface area contributed by atoms with E-state index in [0.29, 0.717) is 0 Å². The Bertz CT molecular complexity index is 2900. The number of fused-ring (bicyclic) bond motifs is 6. The van der Waals surface area contributed by atoms with E-state index < -0.39 is 0 Å². The number of hydrogen-bond acceptors (Lipinski definition) is 2. The molecule has 0 aliphatic heterocycles. The molecule has 53 heavy (non-hydrogen) atoms. The Hall–Kier alpha value is -6.78. The fraction of sp³-hybridized carbons (Fsp3) is 0.0612. The first-order valence-corrected chi connectivity index (χ1v) is 18.2. The molecule has 0 atom stereocenters. The van der Waals surface area contributed by atoms with E-state index in [9.17, 15) is 0 Å². The Labute approximate surface area is 308 Å². The van der Waals surface area contributed by atoms with Crippen LogP contribution in [0.1, 0.15) is 16.7 Å². The second-order valence-electron chi connectivity index (χ2n) is 14.1. The van der Waals surface area contributed by atoms with Gasteiger partial charge in [-0.2, -0.15) is 0 Å². The van der Waals surface area contributed by atoms with E-state index in [0.717, 1.165) is 45.3 Å². The van der Waals surface area contributed by atoms with Gasteiger partial charge in [0, 0.05) is 49.6 Å². The maximum absolute atomic E-state index is 5.14. The lowest BCUT2D eigenvalue weighted by atomic mass is 10.0. The van der Waals surface area contributed by atoms with E-state index >= 15 is 0 Å². The van der Waals surface area contributed by atoms with Crippen molar-refractivity contribution in [1.29, 1.82) is 0 Å². The van der Waals surface area contributed by atoms with Gasteiger partial charge in [0.15, 0.2) is 5.82 Å². The quantitative estimate of drug-likeness (QED) is 0.181. The van der Waals surface area contributed by atoms with Crippen LogP contribution in [0.25, 0.3) is 88.9 Å². The second kappa shape index (κ2) is 12.2. The Morgan fingerprint density at radius 1 is 0.377 bits per heavy atom. The molecule has 10 aromatic rings. The van der Waals surface area contributed by atoms with Crippen molar-refractivity contribution in [2.45, 2.75) is 20.8 Å². The summed E-state index contributed by atoms with van der Waals surface area (Å²) in [4.78, 5) is 10.2. The molecular formula is C49H36N4. The van der Waals surface area contributed by atoms with Crippen LogP contribution < -0.4 is 0 Å². The third-order valence-electron chi connectivity index (χ3n) is 10.6. The van der Waals surface area contributed by atoms with Gasteiger partial charge in [0.1, 0.15) is 0 Å². The van der Waals surface area contributed by atoms with Crippen LogP contribution in [0.4, 0.5) is 0 Å². The Balaban J connectivity index is 1.12. The van der Waals surface area contributed by atoms with Crippen molar-refractivity contribution in [3.8, 4) is 45.3 Å². The predicted octanol–water partition coefficient (Wildman–Crippen LogP) is 12.6. The molecule has 10 rings (SSSR count). The number of aromatic nitrogens is 4. The van der Waals surface area contributed by atoms with Gasteiger partial charge in [0.05, 0.1) is 33.5 Å². The van der Waals surface area contributed by atoms with Gasteiger partial charge in [-0.05, 0) is 80.9 Å². The van der Waals surface area contributed by atoms with Crippen LogP contribution in [0.15, 0.2) is 164 Å². The first kappa shape index (κ1) is 31.0. The Morgan fingerprint density at radius 3 is 1.47 bits per heavy atom. The lowest BCUT2D eigenvalue weighted by Crippen LogP contribution is -1.99. The maximum Gasteiger partial charge on any atom is 0.160 e. The molecule has 0 saturated carbocycles. The summed E-state index contributed by atoms with van der Waals surface area (Å²) < 4.78 is 4.81. The van der Waals surface area contributed by atoms with Crippen molar-refractivity contribution in [3.63, 3.8) is 0 Å². The van der Waals surface area contributed by atoms with Crippen LogP contribution >= 0.6 is 0 Å². The molecule has 4 nitrogen and oxygen atoms in total. The van der Waals surface area contributed by atoms with Gasteiger partial charge >= 0.3 is 0 Å². The zero-order chi connectivity index (χ0) is 35.6. The summed E-state index contributed by atoms with van der Waals surface area (Å²) in [5.41, 5.74) is 15.6. The second-order valence-corrected chi connectivity index (χ2v) is 14.1. The van der Waals surface area contributed by atoms with Gasteiger partial charge in [0.25, 0.3) is 0 Å². The highest BCUT2D eigenvalue weighted by Crippen LogP contribution is 2.38. The van der Waals surface area contributed by atoms with Gasteiger partial charge in [-0.3, -0.25) is 0 Å². The molecule has 0 N–H and O–H groups in total. The first-order valence-electron chi connectivity index (χ1n) is 18.2. The van der Waals surface area contributed by atoms with Crippen LogP contribution in [-0.2, 0) is 0 Å². The molecule has 3 heterocycles. The molecule has 0 aliphatic carbocycles. The fourth-order valence-corrected chi connectivity index (χ4v) is 7.92. The Kier molecular flexibility index (Phi) is 7.12. The normalized spacial score (nSPS) is 11.7. The highest BCUT2D eigenvalue weighted by Gasteiger charge is 2.18. The molecule has 3 aromatic heterocycles. The number of rotatable bonds is 5. The molecule has 0 aliphatic rings. The average molecular weight is 681 g/mol. The van der Waals surface area contributed by atoms with Crippen LogP contribution in [-0.4, -0.2) is 19.1 Å². The topological polar surface area (TPSA) is 35.6 Å². The number of nitrogens with zero attached hydrogens (tertiary/aromatic N) is 4. The molecule has 0 unspecified atom stereocenters. The van der Waals surface area contributed by atoms with Gasteiger partial charge in [0.2, 0.25) is 0 Å². The van der Waals surface area contributed by atoms with Gasteiger partial charge in [-0.25, -0.2) is 9.97 Å². The number of para-hydroxylation sites is 3. The minimum atomic E-state index is 0.723. The lowest BCUT2D eigenvalue weighted by molar-refractivity contribution is 1.14. The number of benzene rings is 7. The predicted molar refractivity (Wildman–Crippen MR) is 221 cm³/mol. The van der Waals surface area contributed by atoms with Gasteiger partial charge in [-0.15, -0.1) is 0 Å². The SMILES string of the molecule is Cc1ccc(-c2cc(-c3ccc(-n4c5ccccc5c5cc(-n6c7ccccc7c7ccccc76)ccc54)c(C)c3)nc(-c3ccc(C)cc3)n2)cc1. The zero-order valence-electron chi connectivity index (χ0n) is 29.9. The van der Waals surface area contributed by atoms with Gasteiger partial charge in [-0.1, -0.05) is 120 Å². The number of aryl methyl sites for hydroxylation is 3. The van der Waals surface area contributed by atoms with E-state index in [2.05, 4.69) is 194 Å². The van der Waals surface area contributed by atoms with Crippen LogP contribution in [0, 0.1) is 20.8 Å². The molecule has 4 heteroatoms. The van der Waals surface area contributed by atoms with E-state index in [-0.39, 0.29) is 0 Å². The molecular weight excluding hydrogens is 645 g/mol. The highest BCUT2D eigenvalue weighted by molar-refractivity contribution is 6.12. The molecule has 7 aromatic carbocycles. The standard InChI is InChI=1S/C49H36N4/c1-31-16-20-34(21-17-31)42-30-43(51-49(50-42)35-22-18-32(2)19-23-35)36-24-26-44(33(3)28-36)53-47-15-9-6-12-40(47)41-29-37(25-27-48(41)53)52-45-13-7-4-10-38(45)39-11-5-8-14-46(39)52/h4-30H,1-3H3. The third-order valence-corrected chi connectivity index (χ3v) is 10.6. The summed E-state index contributed by atoms with van der Waals surface area (Å²) in [7, 11) is 0. The maximum atomic E-state index is 5.14. The van der Waals surface area contributed by atoms with E-state index in [4.69, 9.17) is 9.97 Å². The monoisotopic (exact) mass is 680 g/mol. The summed E-state index contributed by atoms with van der Waals surface area (Å²) in [6, 6.07) is 58.9. The first-order chi connectivity index (χ1) is 26.0. The van der Waals surface area contributed by atoms with Crippen molar-refractivity contribution in [1.82, 2.24) is 19.1 Å². The van der Waals surface area contributed by atoms with E-state index in [1.807, 2.05) is 0 Å². The summed E-state index contributed by atoms with van der Waals surface area (Å²) >= 11 is 0. The van der Waals surface area contributed by atoms with E-state index in [1.165, 1.54) is 60.3 Å². The van der Waals surface area contributed by atoms with Crippen LogP contribution in [0.5, 0.6) is 0 Å². The summed E-state index contributed by atoms with van der Waals surface area (Å²) in [6.07, 6.45) is 0. The minimum absolute atomic E-state index is 0.723.